The number of piperidine rings is 1. The van der Waals surface area contributed by atoms with Gasteiger partial charge in [0.1, 0.15) is 0 Å². The summed E-state index contributed by atoms with van der Waals surface area (Å²) in [5.41, 5.74) is 3.77. The zero-order chi connectivity index (χ0) is 23.7. The van der Waals surface area contributed by atoms with Gasteiger partial charge >= 0.3 is 0 Å². The van der Waals surface area contributed by atoms with Crippen LogP contribution in [0.15, 0.2) is 30.7 Å². The maximum absolute atomic E-state index is 6.70. The Kier molecular flexibility index (Phi) is 4.86. The van der Waals surface area contributed by atoms with Gasteiger partial charge < -0.3 is 19.7 Å². The SMILES string of the molecule is COCC12CC(n3cc(Nc4ncc5cc(Cl)c(N6CCC7(CCOC7)CC6)cc5n4)cn3)(C1)C2. The molecular weight excluding hydrogens is 464 g/mol. The number of fused-ring (bicyclic) bond motifs is 1. The molecule has 35 heavy (non-hydrogen) atoms. The van der Waals surface area contributed by atoms with E-state index in [-0.39, 0.29) is 5.54 Å². The molecule has 3 aliphatic carbocycles. The van der Waals surface area contributed by atoms with Crippen LogP contribution in [0.4, 0.5) is 17.3 Å². The van der Waals surface area contributed by atoms with Gasteiger partial charge in [0.25, 0.3) is 0 Å². The van der Waals surface area contributed by atoms with Crippen molar-refractivity contribution in [1.29, 1.82) is 0 Å². The van der Waals surface area contributed by atoms with E-state index in [1.807, 2.05) is 18.5 Å². The molecule has 0 amide bonds. The first-order chi connectivity index (χ1) is 17.0. The van der Waals surface area contributed by atoms with Crippen molar-refractivity contribution in [3.8, 4) is 0 Å². The van der Waals surface area contributed by atoms with E-state index in [4.69, 9.17) is 26.1 Å². The van der Waals surface area contributed by atoms with Crippen LogP contribution in [0.5, 0.6) is 0 Å². The van der Waals surface area contributed by atoms with Crippen molar-refractivity contribution < 1.29 is 9.47 Å². The lowest BCUT2D eigenvalue weighted by atomic mass is 9.39. The summed E-state index contributed by atoms with van der Waals surface area (Å²) in [6, 6.07) is 4.09. The molecular formula is C26H31ClN6O2. The molecule has 3 saturated carbocycles. The minimum atomic E-state index is 0.173. The van der Waals surface area contributed by atoms with E-state index in [2.05, 4.69) is 37.2 Å². The molecule has 5 aliphatic rings. The lowest BCUT2D eigenvalue weighted by Gasteiger charge is -2.70. The van der Waals surface area contributed by atoms with Crippen molar-refractivity contribution in [2.45, 2.75) is 44.1 Å². The van der Waals surface area contributed by atoms with E-state index in [1.54, 1.807) is 7.11 Å². The molecule has 0 unspecified atom stereocenters. The van der Waals surface area contributed by atoms with Crippen LogP contribution in [0, 0.1) is 10.8 Å². The Bertz CT molecular complexity index is 1260. The quantitative estimate of drug-likeness (QED) is 0.529. The lowest BCUT2D eigenvalue weighted by Crippen LogP contribution is -2.69. The van der Waals surface area contributed by atoms with Gasteiger partial charge in [0, 0.05) is 50.0 Å². The molecule has 1 spiro atoms. The molecule has 0 atom stereocenters. The monoisotopic (exact) mass is 494 g/mol. The zero-order valence-corrected chi connectivity index (χ0v) is 20.9. The number of halogens is 1. The molecule has 2 bridgehead atoms. The molecule has 4 heterocycles. The van der Waals surface area contributed by atoms with E-state index in [0.717, 1.165) is 92.3 Å². The van der Waals surface area contributed by atoms with E-state index in [0.29, 0.717) is 16.8 Å². The fourth-order valence-corrected chi connectivity index (χ4v) is 7.32. The van der Waals surface area contributed by atoms with Gasteiger partial charge in [-0.05, 0) is 56.1 Å². The van der Waals surface area contributed by atoms with Gasteiger partial charge in [0.15, 0.2) is 0 Å². The van der Waals surface area contributed by atoms with E-state index >= 15 is 0 Å². The molecule has 9 heteroatoms. The summed E-state index contributed by atoms with van der Waals surface area (Å²) in [6.45, 7) is 4.65. The molecule has 0 radical (unpaired) electrons. The smallest absolute Gasteiger partial charge is 0.227 e. The van der Waals surface area contributed by atoms with Crippen LogP contribution in [0.25, 0.3) is 10.9 Å². The van der Waals surface area contributed by atoms with Crippen molar-refractivity contribution in [3.63, 3.8) is 0 Å². The summed E-state index contributed by atoms with van der Waals surface area (Å²) in [5, 5.41) is 9.68. The highest BCUT2D eigenvalue weighted by molar-refractivity contribution is 6.34. The third kappa shape index (κ3) is 3.52. The summed E-state index contributed by atoms with van der Waals surface area (Å²) >= 11 is 6.70. The van der Waals surface area contributed by atoms with Crippen LogP contribution in [0.3, 0.4) is 0 Å². The molecule has 3 aromatic rings. The Morgan fingerprint density at radius 2 is 1.97 bits per heavy atom. The van der Waals surface area contributed by atoms with Crippen molar-refractivity contribution in [2.24, 2.45) is 10.8 Å². The number of hydrogen-bond donors (Lipinski definition) is 1. The lowest BCUT2D eigenvalue weighted by molar-refractivity contribution is -0.217. The van der Waals surface area contributed by atoms with E-state index in [9.17, 15) is 0 Å². The Labute approximate surface area is 210 Å². The van der Waals surface area contributed by atoms with E-state index in [1.165, 1.54) is 6.42 Å². The largest absolute Gasteiger partial charge is 0.384 e. The maximum Gasteiger partial charge on any atom is 0.227 e. The van der Waals surface area contributed by atoms with Crippen molar-refractivity contribution in [1.82, 2.24) is 19.7 Å². The number of ether oxygens (including phenoxy) is 2. The van der Waals surface area contributed by atoms with Gasteiger partial charge in [-0.25, -0.2) is 9.97 Å². The number of benzene rings is 1. The highest BCUT2D eigenvalue weighted by Crippen LogP contribution is 2.71. The number of anilines is 3. The van der Waals surface area contributed by atoms with Crippen LogP contribution in [0.1, 0.15) is 38.5 Å². The predicted octanol–water partition coefficient (Wildman–Crippen LogP) is 4.76. The highest BCUT2D eigenvalue weighted by Gasteiger charge is 2.69. The Morgan fingerprint density at radius 1 is 1.14 bits per heavy atom. The standard InChI is InChI=1S/C26H31ClN6O2/c1-34-16-25-13-26(14-25,15-25)33-12-19(11-29-33)30-23-28-10-18-8-20(27)22(9-21(18)31-23)32-5-2-24(3-6-32)4-7-35-17-24/h8-12H,2-7,13-17H2,1H3,(H,28,30,31). The minimum absolute atomic E-state index is 0.173. The second-order valence-corrected chi connectivity index (χ2v) is 11.7. The van der Waals surface area contributed by atoms with Crippen LogP contribution in [-0.4, -0.2) is 59.8 Å². The summed E-state index contributed by atoms with van der Waals surface area (Å²) < 4.78 is 13.2. The van der Waals surface area contributed by atoms with Crippen LogP contribution in [0.2, 0.25) is 5.02 Å². The van der Waals surface area contributed by atoms with Crippen molar-refractivity contribution >= 4 is 39.8 Å². The second-order valence-electron chi connectivity index (χ2n) is 11.3. The summed E-state index contributed by atoms with van der Waals surface area (Å²) in [6.07, 6.45) is 12.7. The Hall–Kier alpha value is -2.42. The zero-order valence-electron chi connectivity index (χ0n) is 20.1. The average Bonchev–Trinajstić information content (AvgIpc) is 3.46. The van der Waals surface area contributed by atoms with Crippen molar-refractivity contribution in [2.75, 3.05) is 50.2 Å². The molecule has 8 rings (SSSR count). The number of nitrogens with zero attached hydrogens (tertiary/aromatic N) is 5. The number of rotatable bonds is 6. The molecule has 8 nitrogen and oxygen atoms in total. The van der Waals surface area contributed by atoms with Gasteiger partial charge in [-0.15, -0.1) is 0 Å². The highest BCUT2D eigenvalue weighted by atomic mass is 35.5. The topological polar surface area (TPSA) is 77.3 Å². The number of aromatic nitrogens is 4. The normalized spacial score (nSPS) is 28.8. The fourth-order valence-electron chi connectivity index (χ4n) is 7.03. The predicted molar refractivity (Wildman–Crippen MR) is 136 cm³/mol. The molecule has 5 fully saturated rings. The number of hydrogen-bond acceptors (Lipinski definition) is 7. The summed E-state index contributed by atoms with van der Waals surface area (Å²) in [5.74, 6) is 0.569. The molecule has 1 aromatic carbocycles. The third-order valence-electron chi connectivity index (χ3n) is 8.89. The van der Waals surface area contributed by atoms with Gasteiger partial charge in [0.05, 0.1) is 46.9 Å². The summed E-state index contributed by atoms with van der Waals surface area (Å²) in [4.78, 5) is 11.7. The third-order valence-corrected chi connectivity index (χ3v) is 9.19. The number of methoxy groups -OCH3 is 1. The van der Waals surface area contributed by atoms with E-state index < -0.39 is 0 Å². The molecule has 1 N–H and O–H groups in total. The first-order valence-corrected chi connectivity index (χ1v) is 13.0. The Balaban J connectivity index is 1.07. The molecule has 2 saturated heterocycles. The van der Waals surface area contributed by atoms with Gasteiger partial charge in [-0.3, -0.25) is 4.68 Å². The van der Waals surface area contributed by atoms with Gasteiger partial charge in [-0.1, -0.05) is 11.6 Å². The summed E-state index contributed by atoms with van der Waals surface area (Å²) in [7, 11) is 1.79. The minimum Gasteiger partial charge on any atom is -0.384 e. The molecule has 2 aromatic heterocycles. The maximum atomic E-state index is 6.70. The first-order valence-electron chi connectivity index (χ1n) is 12.6. The average molecular weight is 495 g/mol. The molecule has 2 aliphatic heterocycles. The first kappa shape index (κ1) is 21.8. The van der Waals surface area contributed by atoms with Gasteiger partial charge in [0.2, 0.25) is 5.95 Å². The molecule has 184 valence electrons. The Morgan fingerprint density at radius 3 is 2.71 bits per heavy atom. The fraction of sp³-hybridized carbons (Fsp3) is 0.577. The van der Waals surface area contributed by atoms with Crippen LogP contribution in [-0.2, 0) is 15.0 Å². The van der Waals surface area contributed by atoms with Crippen LogP contribution >= 0.6 is 11.6 Å². The second kappa shape index (κ2) is 7.79. The van der Waals surface area contributed by atoms with Gasteiger partial charge in [-0.2, -0.15) is 5.10 Å². The number of nitrogens with one attached hydrogen (secondary N) is 1. The van der Waals surface area contributed by atoms with Crippen LogP contribution < -0.4 is 10.2 Å². The van der Waals surface area contributed by atoms with Crippen molar-refractivity contribution in [3.05, 3.63) is 35.7 Å².